The first-order valence-electron chi connectivity index (χ1n) is 4.18. The van der Waals surface area contributed by atoms with Crippen molar-refractivity contribution < 1.29 is 4.79 Å². The Hall–Kier alpha value is -0.540. The number of nitrogens with one attached hydrogen (secondary N) is 1. The summed E-state index contributed by atoms with van der Waals surface area (Å²) in [6.07, 6.45) is 0.934. The molecule has 0 bridgehead atoms. The Morgan fingerprint density at radius 2 is 2.46 bits per heavy atom. The number of rotatable bonds is 3. The summed E-state index contributed by atoms with van der Waals surface area (Å²) in [5, 5.41) is 4.63. The lowest BCUT2D eigenvalue weighted by molar-refractivity contribution is 0.0940. The highest BCUT2D eigenvalue weighted by Gasteiger charge is 2.09. The number of hydrogen-bond donors (Lipinski definition) is 1. The molecule has 1 atom stereocenters. The molecule has 1 aromatic rings. The van der Waals surface area contributed by atoms with E-state index in [1.54, 1.807) is 11.4 Å². The van der Waals surface area contributed by atoms with Gasteiger partial charge in [0.25, 0.3) is 5.91 Å². The summed E-state index contributed by atoms with van der Waals surface area (Å²) in [5.41, 5.74) is 0.648. The van der Waals surface area contributed by atoms with Crippen LogP contribution in [0.25, 0.3) is 0 Å². The largest absolute Gasteiger partial charge is 0.350 e. The molecular formula is C9H12ClNOS. The summed E-state index contributed by atoms with van der Waals surface area (Å²) in [7, 11) is 0. The van der Waals surface area contributed by atoms with Crippen molar-refractivity contribution in [1.29, 1.82) is 0 Å². The molecule has 0 aromatic carbocycles. The lowest BCUT2D eigenvalue weighted by atomic mass is 10.2. The van der Waals surface area contributed by atoms with E-state index in [0.717, 1.165) is 6.42 Å². The maximum atomic E-state index is 11.5. The fourth-order valence-electron chi connectivity index (χ4n) is 0.838. The number of halogens is 1. The summed E-state index contributed by atoms with van der Waals surface area (Å²) in [5.74, 6) is -0.0440. The zero-order chi connectivity index (χ0) is 9.84. The third kappa shape index (κ3) is 3.01. The second kappa shape index (κ2) is 4.63. The first-order valence-corrected chi connectivity index (χ1v) is 5.44. The number of thiophene rings is 1. The van der Waals surface area contributed by atoms with Crippen LogP contribution in [0.1, 0.15) is 30.6 Å². The van der Waals surface area contributed by atoms with Crippen molar-refractivity contribution >= 4 is 28.8 Å². The van der Waals surface area contributed by atoms with Crippen LogP contribution in [0.4, 0.5) is 0 Å². The smallest absolute Gasteiger partial charge is 0.252 e. The van der Waals surface area contributed by atoms with Gasteiger partial charge in [-0.3, -0.25) is 4.79 Å². The molecular weight excluding hydrogens is 206 g/mol. The van der Waals surface area contributed by atoms with E-state index in [1.807, 2.05) is 13.8 Å². The van der Waals surface area contributed by atoms with Crippen molar-refractivity contribution in [2.45, 2.75) is 26.3 Å². The molecule has 4 heteroatoms. The topological polar surface area (TPSA) is 29.1 Å². The Balaban J connectivity index is 2.58. The first-order chi connectivity index (χ1) is 6.13. The molecule has 1 unspecified atom stereocenters. The Bertz CT molecular complexity index is 298. The molecule has 1 N–H and O–H groups in total. The lowest BCUT2D eigenvalue weighted by Gasteiger charge is -2.09. The molecule has 0 aliphatic heterocycles. The maximum Gasteiger partial charge on any atom is 0.252 e. The van der Waals surface area contributed by atoms with E-state index in [2.05, 4.69) is 5.32 Å². The maximum absolute atomic E-state index is 11.5. The number of amides is 1. The molecule has 1 heterocycles. The minimum absolute atomic E-state index is 0.0440. The van der Waals surface area contributed by atoms with Crippen LogP contribution < -0.4 is 5.32 Å². The summed E-state index contributed by atoms with van der Waals surface area (Å²) in [6.45, 7) is 4.01. The van der Waals surface area contributed by atoms with Crippen LogP contribution in [0.15, 0.2) is 11.4 Å². The van der Waals surface area contributed by atoms with Gasteiger partial charge in [0.05, 0.1) is 9.90 Å². The van der Waals surface area contributed by atoms with E-state index < -0.39 is 0 Å². The minimum Gasteiger partial charge on any atom is -0.350 e. The van der Waals surface area contributed by atoms with Gasteiger partial charge in [-0.2, -0.15) is 0 Å². The number of carbonyl (C=O) groups excluding carboxylic acids is 1. The summed E-state index contributed by atoms with van der Waals surface area (Å²) in [4.78, 5) is 11.5. The molecule has 1 amide bonds. The van der Waals surface area contributed by atoms with Crippen LogP contribution in [0, 0.1) is 0 Å². The van der Waals surface area contributed by atoms with Crippen LogP contribution in [0.2, 0.25) is 4.34 Å². The first kappa shape index (κ1) is 10.5. The van der Waals surface area contributed by atoms with Crippen molar-refractivity contribution in [3.63, 3.8) is 0 Å². The van der Waals surface area contributed by atoms with Gasteiger partial charge in [0.1, 0.15) is 0 Å². The molecule has 0 aliphatic rings. The van der Waals surface area contributed by atoms with E-state index in [4.69, 9.17) is 11.6 Å². The second-order valence-corrected chi connectivity index (χ2v) is 4.46. The van der Waals surface area contributed by atoms with Gasteiger partial charge < -0.3 is 5.32 Å². The predicted molar refractivity (Wildman–Crippen MR) is 56.5 cm³/mol. The minimum atomic E-state index is -0.0440. The highest BCUT2D eigenvalue weighted by Crippen LogP contribution is 2.19. The SMILES string of the molecule is CCC(C)NC(=O)c1csc(Cl)c1. The highest BCUT2D eigenvalue weighted by molar-refractivity contribution is 7.14. The van der Waals surface area contributed by atoms with Gasteiger partial charge in [0.2, 0.25) is 0 Å². The molecule has 1 rings (SSSR count). The molecule has 0 radical (unpaired) electrons. The van der Waals surface area contributed by atoms with Crippen molar-refractivity contribution in [3.05, 3.63) is 21.3 Å². The molecule has 0 fully saturated rings. The normalized spacial score (nSPS) is 12.5. The molecule has 0 saturated heterocycles. The Morgan fingerprint density at radius 3 is 2.92 bits per heavy atom. The fraction of sp³-hybridized carbons (Fsp3) is 0.444. The molecule has 2 nitrogen and oxygen atoms in total. The van der Waals surface area contributed by atoms with Crippen LogP contribution in [-0.4, -0.2) is 11.9 Å². The van der Waals surface area contributed by atoms with Crippen LogP contribution >= 0.6 is 22.9 Å². The van der Waals surface area contributed by atoms with Crippen LogP contribution in [0.5, 0.6) is 0 Å². The van der Waals surface area contributed by atoms with Gasteiger partial charge in [-0.25, -0.2) is 0 Å². The third-order valence-electron chi connectivity index (χ3n) is 1.82. The highest BCUT2D eigenvalue weighted by atomic mass is 35.5. The number of hydrogen-bond acceptors (Lipinski definition) is 2. The molecule has 0 saturated carbocycles. The lowest BCUT2D eigenvalue weighted by Crippen LogP contribution is -2.31. The average Bonchev–Trinajstić information content (AvgIpc) is 2.51. The summed E-state index contributed by atoms with van der Waals surface area (Å²) < 4.78 is 0.648. The Kier molecular flexibility index (Phi) is 3.75. The Labute approximate surface area is 86.9 Å². The van der Waals surface area contributed by atoms with Gasteiger partial charge in [-0.05, 0) is 19.4 Å². The molecule has 72 valence electrons. The van der Waals surface area contributed by atoms with Gasteiger partial charge >= 0.3 is 0 Å². The molecule has 1 aromatic heterocycles. The van der Waals surface area contributed by atoms with Gasteiger partial charge in [-0.15, -0.1) is 11.3 Å². The van der Waals surface area contributed by atoms with Gasteiger partial charge in [0, 0.05) is 11.4 Å². The van der Waals surface area contributed by atoms with Crippen LogP contribution in [0.3, 0.4) is 0 Å². The fourth-order valence-corrected chi connectivity index (χ4v) is 1.70. The van der Waals surface area contributed by atoms with Crippen molar-refractivity contribution in [2.24, 2.45) is 0 Å². The second-order valence-electron chi connectivity index (χ2n) is 2.92. The van der Waals surface area contributed by atoms with E-state index in [-0.39, 0.29) is 11.9 Å². The zero-order valence-corrected chi connectivity index (χ0v) is 9.21. The Morgan fingerprint density at radius 1 is 1.77 bits per heavy atom. The number of carbonyl (C=O) groups is 1. The quantitative estimate of drug-likeness (QED) is 0.829. The molecule has 0 spiro atoms. The van der Waals surface area contributed by atoms with Crippen molar-refractivity contribution in [2.75, 3.05) is 0 Å². The van der Waals surface area contributed by atoms with E-state index in [0.29, 0.717) is 9.90 Å². The van der Waals surface area contributed by atoms with E-state index >= 15 is 0 Å². The van der Waals surface area contributed by atoms with Gasteiger partial charge in [-0.1, -0.05) is 18.5 Å². The summed E-state index contributed by atoms with van der Waals surface area (Å²) in [6, 6.07) is 1.90. The van der Waals surface area contributed by atoms with E-state index in [1.165, 1.54) is 11.3 Å². The van der Waals surface area contributed by atoms with Crippen molar-refractivity contribution in [3.8, 4) is 0 Å². The predicted octanol–water partition coefficient (Wildman–Crippen LogP) is 2.93. The molecule has 0 aliphatic carbocycles. The van der Waals surface area contributed by atoms with Gasteiger partial charge in [0.15, 0.2) is 0 Å². The standard InChI is InChI=1S/C9H12ClNOS/c1-3-6(2)11-9(12)7-4-8(10)13-5-7/h4-6H,3H2,1-2H3,(H,11,12). The third-order valence-corrected chi connectivity index (χ3v) is 2.91. The molecule has 13 heavy (non-hydrogen) atoms. The van der Waals surface area contributed by atoms with Crippen molar-refractivity contribution in [1.82, 2.24) is 5.32 Å². The monoisotopic (exact) mass is 217 g/mol. The van der Waals surface area contributed by atoms with Crippen LogP contribution in [-0.2, 0) is 0 Å². The summed E-state index contributed by atoms with van der Waals surface area (Å²) >= 11 is 7.09. The zero-order valence-electron chi connectivity index (χ0n) is 7.63. The average molecular weight is 218 g/mol. The van der Waals surface area contributed by atoms with E-state index in [9.17, 15) is 4.79 Å².